The van der Waals surface area contributed by atoms with Crippen molar-refractivity contribution in [1.82, 2.24) is 30.3 Å². The van der Waals surface area contributed by atoms with Crippen LogP contribution in [0.1, 0.15) is 25.6 Å². The molecule has 1 fully saturated rings. The Hall–Kier alpha value is -0.900. The Labute approximate surface area is 150 Å². The van der Waals surface area contributed by atoms with E-state index in [2.05, 4.69) is 37.5 Å². The average molecular weight is 421 g/mol. The predicted molar refractivity (Wildman–Crippen MR) is 99.5 cm³/mol. The highest BCUT2D eigenvalue weighted by Gasteiger charge is 2.14. The van der Waals surface area contributed by atoms with Crippen LogP contribution >= 0.6 is 24.0 Å². The first kappa shape index (κ1) is 19.1. The number of rotatable bonds is 6. The van der Waals surface area contributed by atoms with Crippen LogP contribution in [0.4, 0.5) is 0 Å². The standard InChI is InChI=1S/C14H27N7.HI/c1-12(10-21-6-4-5-7-21)8-16-14(15-2)17-9-13-18-11-19-20(13)3;/h11-12H,4-10H2,1-3H3,(H2,15,16,17);1H. The van der Waals surface area contributed by atoms with Crippen molar-refractivity contribution in [2.24, 2.45) is 18.0 Å². The summed E-state index contributed by atoms with van der Waals surface area (Å²) in [5, 5.41) is 10.7. The fourth-order valence-electron chi connectivity index (χ4n) is 2.60. The second-order valence-corrected chi connectivity index (χ2v) is 5.72. The van der Waals surface area contributed by atoms with E-state index in [1.54, 1.807) is 18.1 Å². The van der Waals surface area contributed by atoms with Crippen molar-refractivity contribution in [3.63, 3.8) is 0 Å². The van der Waals surface area contributed by atoms with Crippen molar-refractivity contribution >= 4 is 29.9 Å². The molecule has 1 aliphatic heterocycles. The summed E-state index contributed by atoms with van der Waals surface area (Å²) in [4.78, 5) is 11.0. The lowest BCUT2D eigenvalue weighted by Gasteiger charge is -2.21. The molecule has 0 aromatic carbocycles. The highest BCUT2D eigenvalue weighted by Crippen LogP contribution is 2.09. The highest BCUT2D eigenvalue weighted by molar-refractivity contribution is 14.0. The van der Waals surface area contributed by atoms with E-state index < -0.39 is 0 Å². The van der Waals surface area contributed by atoms with Gasteiger partial charge in [0.05, 0.1) is 6.54 Å². The van der Waals surface area contributed by atoms with Gasteiger partial charge in [-0.3, -0.25) is 9.67 Å². The third kappa shape index (κ3) is 6.07. The fraction of sp³-hybridized carbons (Fsp3) is 0.786. The Morgan fingerprint density at radius 1 is 1.36 bits per heavy atom. The maximum Gasteiger partial charge on any atom is 0.191 e. The van der Waals surface area contributed by atoms with E-state index in [0.29, 0.717) is 12.5 Å². The van der Waals surface area contributed by atoms with Gasteiger partial charge in [-0.1, -0.05) is 6.92 Å². The molecule has 1 aromatic rings. The molecule has 1 aromatic heterocycles. The first-order valence-corrected chi connectivity index (χ1v) is 7.68. The first-order chi connectivity index (χ1) is 10.2. The van der Waals surface area contributed by atoms with Crippen LogP contribution in [-0.2, 0) is 13.6 Å². The molecule has 0 radical (unpaired) electrons. The molecule has 8 heteroatoms. The zero-order valence-electron chi connectivity index (χ0n) is 13.7. The maximum atomic E-state index is 4.24. The van der Waals surface area contributed by atoms with Crippen molar-refractivity contribution in [3.8, 4) is 0 Å². The summed E-state index contributed by atoms with van der Waals surface area (Å²) >= 11 is 0. The van der Waals surface area contributed by atoms with E-state index in [4.69, 9.17) is 0 Å². The van der Waals surface area contributed by atoms with Gasteiger partial charge in [-0.2, -0.15) is 5.10 Å². The lowest BCUT2D eigenvalue weighted by atomic mass is 10.1. The Kier molecular flexibility index (Phi) is 8.69. The molecule has 0 amide bonds. The number of hydrogen-bond acceptors (Lipinski definition) is 4. The van der Waals surface area contributed by atoms with Gasteiger partial charge in [-0.25, -0.2) is 4.98 Å². The Balaban J connectivity index is 0.00000242. The number of guanidine groups is 1. The van der Waals surface area contributed by atoms with Crippen LogP contribution < -0.4 is 10.6 Å². The minimum Gasteiger partial charge on any atom is -0.356 e. The minimum atomic E-state index is 0. The van der Waals surface area contributed by atoms with E-state index in [0.717, 1.165) is 24.9 Å². The van der Waals surface area contributed by atoms with Crippen molar-refractivity contribution in [2.75, 3.05) is 33.2 Å². The smallest absolute Gasteiger partial charge is 0.191 e. The van der Waals surface area contributed by atoms with Gasteiger partial charge in [0.25, 0.3) is 0 Å². The first-order valence-electron chi connectivity index (χ1n) is 7.68. The normalized spacial score (nSPS) is 17.1. The fourth-order valence-corrected chi connectivity index (χ4v) is 2.60. The molecule has 0 aliphatic carbocycles. The van der Waals surface area contributed by atoms with Crippen LogP contribution in [0.15, 0.2) is 11.3 Å². The van der Waals surface area contributed by atoms with E-state index in [1.807, 2.05) is 7.05 Å². The van der Waals surface area contributed by atoms with Crippen molar-refractivity contribution < 1.29 is 0 Å². The molecule has 126 valence electrons. The van der Waals surface area contributed by atoms with Crippen molar-refractivity contribution in [2.45, 2.75) is 26.3 Å². The van der Waals surface area contributed by atoms with Gasteiger partial charge in [-0.15, -0.1) is 24.0 Å². The molecule has 1 aliphatic rings. The predicted octanol–water partition coefficient (Wildman–Crippen LogP) is 0.830. The summed E-state index contributed by atoms with van der Waals surface area (Å²) in [6.45, 7) is 7.49. The monoisotopic (exact) mass is 421 g/mol. The Morgan fingerprint density at radius 3 is 2.68 bits per heavy atom. The van der Waals surface area contributed by atoms with Crippen LogP contribution in [0.2, 0.25) is 0 Å². The van der Waals surface area contributed by atoms with Crippen LogP contribution in [0.25, 0.3) is 0 Å². The van der Waals surface area contributed by atoms with Gasteiger partial charge in [-0.05, 0) is 31.8 Å². The molecule has 0 bridgehead atoms. The lowest BCUT2D eigenvalue weighted by Crippen LogP contribution is -2.41. The number of hydrogen-bond donors (Lipinski definition) is 2. The number of likely N-dealkylation sites (tertiary alicyclic amines) is 1. The zero-order chi connectivity index (χ0) is 15.1. The molecule has 22 heavy (non-hydrogen) atoms. The van der Waals surface area contributed by atoms with Crippen molar-refractivity contribution in [3.05, 3.63) is 12.2 Å². The van der Waals surface area contributed by atoms with Crippen LogP contribution in [0.5, 0.6) is 0 Å². The Bertz CT molecular complexity index is 454. The maximum absolute atomic E-state index is 4.24. The van der Waals surface area contributed by atoms with Crippen LogP contribution in [-0.4, -0.2) is 58.9 Å². The van der Waals surface area contributed by atoms with E-state index >= 15 is 0 Å². The molecule has 2 rings (SSSR count). The van der Waals surface area contributed by atoms with E-state index in [1.165, 1.54) is 25.9 Å². The number of aromatic nitrogens is 3. The number of halogens is 1. The summed E-state index contributed by atoms with van der Waals surface area (Å²) in [6.07, 6.45) is 4.26. The molecule has 1 atom stereocenters. The van der Waals surface area contributed by atoms with Gasteiger partial charge in [0, 0.05) is 27.2 Å². The Morgan fingerprint density at radius 2 is 2.09 bits per heavy atom. The largest absolute Gasteiger partial charge is 0.356 e. The quantitative estimate of drug-likeness (QED) is 0.405. The van der Waals surface area contributed by atoms with Crippen molar-refractivity contribution in [1.29, 1.82) is 0 Å². The van der Waals surface area contributed by atoms with Crippen LogP contribution in [0, 0.1) is 5.92 Å². The number of aryl methyl sites for hydroxylation is 1. The summed E-state index contributed by atoms with van der Waals surface area (Å²) in [7, 11) is 3.68. The van der Waals surface area contributed by atoms with E-state index in [-0.39, 0.29) is 24.0 Å². The summed E-state index contributed by atoms with van der Waals surface area (Å²) in [5.74, 6) is 2.31. The molecule has 7 nitrogen and oxygen atoms in total. The number of aliphatic imine (C=N–C) groups is 1. The molecule has 0 saturated carbocycles. The van der Waals surface area contributed by atoms with Crippen LogP contribution in [0.3, 0.4) is 0 Å². The van der Waals surface area contributed by atoms with E-state index in [9.17, 15) is 0 Å². The number of nitrogens with zero attached hydrogens (tertiary/aromatic N) is 5. The van der Waals surface area contributed by atoms with Gasteiger partial charge in [0.2, 0.25) is 0 Å². The second kappa shape index (κ2) is 9.98. The average Bonchev–Trinajstić information content (AvgIpc) is 3.11. The van der Waals surface area contributed by atoms with Gasteiger partial charge in [0.1, 0.15) is 12.2 Å². The topological polar surface area (TPSA) is 70.4 Å². The lowest BCUT2D eigenvalue weighted by molar-refractivity contribution is 0.287. The van der Waals surface area contributed by atoms with Gasteiger partial charge >= 0.3 is 0 Å². The zero-order valence-corrected chi connectivity index (χ0v) is 16.1. The third-order valence-corrected chi connectivity index (χ3v) is 3.83. The van der Waals surface area contributed by atoms with Gasteiger partial charge in [0.15, 0.2) is 5.96 Å². The molecule has 2 N–H and O–H groups in total. The minimum absolute atomic E-state index is 0. The molecule has 1 saturated heterocycles. The molecule has 1 unspecified atom stereocenters. The molecular formula is C14H28IN7. The molecule has 0 spiro atoms. The summed E-state index contributed by atoms with van der Waals surface area (Å²) < 4.78 is 1.76. The summed E-state index contributed by atoms with van der Waals surface area (Å²) in [6, 6.07) is 0. The molecule has 2 heterocycles. The third-order valence-electron chi connectivity index (χ3n) is 3.83. The molecular weight excluding hydrogens is 393 g/mol. The number of nitrogens with one attached hydrogen (secondary N) is 2. The summed E-state index contributed by atoms with van der Waals surface area (Å²) in [5.41, 5.74) is 0. The second-order valence-electron chi connectivity index (χ2n) is 5.72. The van der Waals surface area contributed by atoms with Gasteiger partial charge < -0.3 is 15.5 Å². The SMILES string of the molecule is CN=C(NCc1ncnn1C)NCC(C)CN1CCCC1.I. The highest BCUT2D eigenvalue weighted by atomic mass is 127.